The Morgan fingerprint density at radius 1 is 1.10 bits per heavy atom. The molecular weight excluding hydrogens is 374 g/mol. The molecule has 0 radical (unpaired) electrons. The van der Waals surface area contributed by atoms with Gasteiger partial charge >= 0.3 is 5.69 Å². The summed E-state index contributed by atoms with van der Waals surface area (Å²) in [6.45, 7) is 1.35. The van der Waals surface area contributed by atoms with Gasteiger partial charge in [0.1, 0.15) is 0 Å². The average molecular weight is 399 g/mol. The van der Waals surface area contributed by atoms with Crippen LogP contribution in [0.4, 0.5) is 0 Å². The first-order valence-corrected chi connectivity index (χ1v) is 9.59. The zero-order valence-electron chi connectivity index (χ0n) is 17.1. The van der Waals surface area contributed by atoms with Crippen molar-refractivity contribution in [2.75, 3.05) is 20.8 Å². The van der Waals surface area contributed by atoms with Gasteiger partial charge in [0.05, 0.1) is 36.9 Å². The molecule has 0 bridgehead atoms. The van der Waals surface area contributed by atoms with E-state index < -0.39 is 0 Å². The van der Waals surface area contributed by atoms with Crippen molar-refractivity contribution in [3.8, 4) is 22.8 Å². The van der Waals surface area contributed by atoms with Gasteiger partial charge in [0, 0.05) is 39.0 Å². The molecule has 1 aliphatic heterocycles. The molecule has 8 nitrogen and oxygen atoms in total. The van der Waals surface area contributed by atoms with Crippen LogP contribution >= 0.6 is 0 Å². The Morgan fingerprint density at radius 2 is 1.86 bits per heavy atom. The molecule has 3 aromatic rings. The Bertz CT molecular complexity index is 1180. The van der Waals surface area contributed by atoms with Crippen molar-refractivity contribution in [1.29, 1.82) is 0 Å². The first-order valence-electron chi connectivity index (χ1n) is 9.59. The summed E-state index contributed by atoms with van der Waals surface area (Å²) in [7, 11) is 6.34. The van der Waals surface area contributed by atoms with Gasteiger partial charge in [-0.2, -0.15) is 0 Å². The van der Waals surface area contributed by atoms with Gasteiger partial charge in [-0.05, 0) is 31.0 Å². The molecule has 4 rings (SSSR count). The van der Waals surface area contributed by atoms with Crippen LogP contribution in [0.1, 0.15) is 12.8 Å². The number of hydrogen-bond donors (Lipinski definition) is 0. The van der Waals surface area contributed by atoms with Crippen LogP contribution in [-0.4, -0.2) is 40.6 Å². The van der Waals surface area contributed by atoms with Gasteiger partial charge in [-0.15, -0.1) is 0 Å². The highest BCUT2D eigenvalue weighted by Gasteiger charge is 2.23. The lowest BCUT2D eigenvalue weighted by molar-refractivity contribution is 0.0975. The number of rotatable bonds is 5. The van der Waals surface area contributed by atoms with Gasteiger partial charge in [0.2, 0.25) is 0 Å². The molecule has 1 atom stereocenters. The monoisotopic (exact) mass is 399 g/mol. The molecule has 29 heavy (non-hydrogen) atoms. The second kappa shape index (κ2) is 7.44. The largest absolute Gasteiger partial charge is 0.493 e. The van der Waals surface area contributed by atoms with E-state index in [1.165, 1.54) is 11.6 Å². The SMILES string of the molecule is COc1ccc(-c2c3c(=O)n(C)c(=O)n(C)c3cn2C[C@@H]2CCCO2)cc1OC. The zero-order chi connectivity index (χ0) is 20.7. The Kier molecular flexibility index (Phi) is 4.96. The highest BCUT2D eigenvalue weighted by Crippen LogP contribution is 2.35. The predicted molar refractivity (Wildman–Crippen MR) is 110 cm³/mol. The lowest BCUT2D eigenvalue weighted by Crippen LogP contribution is -2.36. The molecule has 0 N–H and O–H groups in total. The summed E-state index contributed by atoms with van der Waals surface area (Å²) in [5.41, 5.74) is 1.48. The molecule has 1 saturated heterocycles. The van der Waals surface area contributed by atoms with Crippen LogP contribution < -0.4 is 20.7 Å². The molecule has 0 spiro atoms. The van der Waals surface area contributed by atoms with Gasteiger partial charge in [0.25, 0.3) is 5.56 Å². The number of ether oxygens (including phenoxy) is 3. The van der Waals surface area contributed by atoms with E-state index in [4.69, 9.17) is 14.2 Å². The molecule has 0 unspecified atom stereocenters. The molecule has 0 saturated carbocycles. The summed E-state index contributed by atoms with van der Waals surface area (Å²) in [5.74, 6) is 1.18. The van der Waals surface area contributed by atoms with Crippen LogP contribution in [0, 0.1) is 0 Å². The van der Waals surface area contributed by atoms with Crippen LogP contribution in [0.2, 0.25) is 0 Å². The lowest BCUT2D eigenvalue weighted by atomic mass is 10.1. The van der Waals surface area contributed by atoms with Gasteiger partial charge in [-0.1, -0.05) is 0 Å². The van der Waals surface area contributed by atoms with Crippen LogP contribution in [-0.2, 0) is 25.4 Å². The number of aryl methyl sites for hydroxylation is 1. The van der Waals surface area contributed by atoms with E-state index in [0.717, 1.165) is 35.3 Å². The maximum atomic E-state index is 13.1. The van der Waals surface area contributed by atoms with Crippen molar-refractivity contribution in [1.82, 2.24) is 13.7 Å². The van der Waals surface area contributed by atoms with Crippen molar-refractivity contribution in [2.24, 2.45) is 14.1 Å². The molecule has 8 heteroatoms. The maximum Gasteiger partial charge on any atom is 0.330 e. The molecule has 1 aliphatic rings. The van der Waals surface area contributed by atoms with Crippen LogP contribution in [0.15, 0.2) is 34.0 Å². The first kappa shape index (κ1) is 19.3. The maximum absolute atomic E-state index is 13.1. The fourth-order valence-corrected chi connectivity index (χ4v) is 4.03. The third-order valence-corrected chi connectivity index (χ3v) is 5.59. The molecule has 154 valence electrons. The quantitative estimate of drug-likeness (QED) is 0.655. The molecule has 3 heterocycles. The number of hydrogen-bond acceptors (Lipinski definition) is 5. The third-order valence-electron chi connectivity index (χ3n) is 5.59. The van der Waals surface area contributed by atoms with Crippen LogP contribution in [0.3, 0.4) is 0 Å². The van der Waals surface area contributed by atoms with Crippen molar-refractivity contribution in [2.45, 2.75) is 25.5 Å². The average Bonchev–Trinajstić information content (AvgIpc) is 3.38. The van der Waals surface area contributed by atoms with E-state index in [1.807, 2.05) is 29.0 Å². The standard InChI is InChI=1S/C21H25N3O5/c1-22-15-12-24(11-14-6-5-9-29-14)19(18(15)20(25)23(2)21(22)26)13-7-8-16(27-3)17(10-13)28-4/h7-8,10,12,14H,5-6,9,11H2,1-4H3/t14-/m0/s1. The second-order valence-electron chi connectivity index (χ2n) is 7.30. The highest BCUT2D eigenvalue weighted by molar-refractivity contribution is 5.94. The van der Waals surface area contributed by atoms with Gasteiger partial charge in [0.15, 0.2) is 11.5 Å². The van der Waals surface area contributed by atoms with Crippen molar-refractivity contribution < 1.29 is 14.2 Å². The molecule has 0 aliphatic carbocycles. The summed E-state index contributed by atoms with van der Waals surface area (Å²) < 4.78 is 21.3. The topological polar surface area (TPSA) is 76.6 Å². The molecule has 2 aromatic heterocycles. The highest BCUT2D eigenvalue weighted by atomic mass is 16.5. The number of fused-ring (bicyclic) bond motifs is 1. The van der Waals surface area contributed by atoms with Crippen LogP contribution in [0.25, 0.3) is 22.2 Å². The third kappa shape index (κ3) is 3.13. The van der Waals surface area contributed by atoms with Gasteiger partial charge in [-0.25, -0.2) is 4.79 Å². The van der Waals surface area contributed by atoms with Gasteiger partial charge in [-0.3, -0.25) is 13.9 Å². The summed E-state index contributed by atoms with van der Waals surface area (Å²) >= 11 is 0. The minimum atomic E-state index is -0.351. The number of benzene rings is 1. The zero-order valence-corrected chi connectivity index (χ0v) is 17.1. The number of methoxy groups -OCH3 is 2. The summed E-state index contributed by atoms with van der Waals surface area (Å²) in [4.78, 5) is 25.5. The molecule has 0 amide bonds. The van der Waals surface area contributed by atoms with E-state index >= 15 is 0 Å². The number of aromatic nitrogens is 3. The van der Waals surface area contributed by atoms with E-state index in [2.05, 4.69) is 0 Å². The number of nitrogens with zero attached hydrogens (tertiary/aromatic N) is 3. The summed E-state index contributed by atoms with van der Waals surface area (Å²) in [6.07, 6.45) is 3.94. The lowest BCUT2D eigenvalue weighted by Gasteiger charge is -2.15. The fourth-order valence-electron chi connectivity index (χ4n) is 4.03. The van der Waals surface area contributed by atoms with E-state index in [0.29, 0.717) is 28.9 Å². The molecule has 1 aromatic carbocycles. The molecular formula is C21H25N3O5. The van der Waals surface area contributed by atoms with Crippen molar-refractivity contribution >= 4 is 10.9 Å². The van der Waals surface area contributed by atoms with E-state index in [1.54, 1.807) is 21.3 Å². The van der Waals surface area contributed by atoms with Crippen LogP contribution in [0.5, 0.6) is 11.5 Å². The molecule has 1 fully saturated rings. The van der Waals surface area contributed by atoms with E-state index in [9.17, 15) is 9.59 Å². The Hall–Kier alpha value is -3.00. The minimum Gasteiger partial charge on any atom is -0.493 e. The smallest absolute Gasteiger partial charge is 0.330 e. The first-order chi connectivity index (χ1) is 14.0. The Balaban J connectivity index is 2.02. The normalized spacial score (nSPS) is 16.5. The predicted octanol–water partition coefficient (Wildman–Crippen LogP) is 1.90. The van der Waals surface area contributed by atoms with Crippen molar-refractivity contribution in [3.05, 3.63) is 45.2 Å². The fraction of sp³-hybridized carbons (Fsp3) is 0.429. The Morgan fingerprint density at radius 3 is 2.52 bits per heavy atom. The second-order valence-corrected chi connectivity index (χ2v) is 7.30. The summed E-state index contributed by atoms with van der Waals surface area (Å²) in [5, 5.41) is 0.500. The van der Waals surface area contributed by atoms with Crippen molar-refractivity contribution in [3.63, 3.8) is 0 Å². The van der Waals surface area contributed by atoms with E-state index in [-0.39, 0.29) is 17.4 Å². The summed E-state index contributed by atoms with van der Waals surface area (Å²) in [6, 6.07) is 5.56. The Labute approximate surface area is 167 Å². The van der Waals surface area contributed by atoms with Gasteiger partial charge < -0.3 is 18.8 Å². The minimum absolute atomic E-state index is 0.0802.